The highest BCUT2D eigenvalue weighted by molar-refractivity contribution is 7.18. The summed E-state index contributed by atoms with van der Waals surface area (Å²) in [7, 11) is 0. The topological polar surface area (TPSA) is 83.3 Å². The van der Waals surface area contributed by atoms with Crippen molar-refractivity contribution in [3.8, 4) is 0 Å². The number of nitrogens with zero attached hydrogens (tertiary/aromatic N) is 2. The molecule has 4 rings (SSSR count). The number of rotatable bonds is 5. The molecule has 0 saturated carbocycles. The molecule has 1 aliphatic heterocycles. The van der Waals surface area contributed by atoms with E-state index in [0.717, 1.165) is 43.2 Å². The summed E-state index contributed by atoms with van der Waals surface area (Å²) < 4.78 is 0. The van der Waals surface area contributed by atoms with Gasteiger partial charge in [-0.05, 0) is 36.4 Å². The molecular formula is C20H18Cl3N5OS. The van der Waals surface area contributed by atoms with Gasteiger partial charge in [0.15, 0.2) is 5.13 Å². The van der Waals surface area contributed by atoms with E-state index < -0.39 is 5.78 Å². The normalized spacial score (nSPS) is 14.0. The fraction of sp³-hybridized carbons (Fsp3) is 0.200. The van der Waals surface area contributed by atoms with E-state index in [1.165, 1.54) is 17.8 Å². The predicted octanol–water partition coefficient (Wildman–Crippen LogP) is 5.07. The fourth-order valence-corrected chi connectivity index (χ4v) is 5.06. The molecule has 1 saturated heterocycles. The third kappa shape index (κ3) is 4.50. The second-order valence-electron chi connectivity index (χ2n) is 6.72. The lowest BCUT2D eigenvalue weighted by Crippen LogP contribution is -2.43. The lowest BCUT2D eigenvalue weighted by molar-refractivity contribution is 0.104. The number of anilines is 4. The highest BCUT2D eigenvalue weighted by Crippen LogP contribution is 2.35. The van der Waals surface area contributed by atoms with Crippen LogP contribution in [0, 0.1) is 0 Å². The van der Waals surface area contributed by atoms with Crippen molar-refractivity contribution < 1.29 is 4.79 Å². The van der Waals surface area contributed by atoms with Crippen molar-refractivity contribution in [2.75, 3.05) is 42.1 Å². The number of aromatic nitrogens is 1. The summed E-state index contributed by atoms with van der Waals surface area (Å²) >= 11 is 19.4. The van der Waals surface area contributed by atoms with Gasteiger partial charge in [-0.25, -0.2) is 4.98 Å². The monoisotopic (exact) mass is 481 g/mol. The number of piperazine rings is 1. The van der Waals surface area contributed by atoms with E-state index in [4.69, 9.17) is 40.5 Å². The largest absolute Gasteiger partial charge is 0.382 e. The Morgan fingerprint density at radius 1 is 1.10 bits per heavy atom. The number of nitrogen functional groups attached to an aromatic ring is 1. The van der Waals surface area contributed by atoms with Crippen LogP contribution in [0.5, 0.6) is 0 Å². The summed E-state index contributed by atoms with van der Waals surface area (Å²) in [4.78, 5) is 19.8. The lowest BCUT2D eigenvalue weighted by Gasteiger charge is -2.29. The highest BCUT2D eigenvalue weighted by atomic mass is 35.5. The molecule has 0 atom stereocenters. The number of nitrogens with one attached hydrogen (secondary N) is 2. The molecule has 2 heterocycles. The second kappa shape index (κ2) is 8.99. The lowest BCUT2D eigenvalue weighted by atomic mass is 10.1. The van der Waals surface area contributed by atoms with E-state index in [2.05, 4.69) is 32.7 Å². The van der Waals surface area contributed by atoms with Crippen molar-refractivity contribution >= 4 is 74.2 Å². The van der Waals surface area contributed by atoms with Crippen LogP contribution in [0.15, 0.2) is 36.4 Å². The number of ketones is 1. The number of halogens is 3. The predicted molar refractivity (Wildman–Crippen MR) is 126 cm³/mol. The van der Waals surface area contributed by atoms with Crippen LogP contribution in [-0.4, -0.2) is 36.9 Å². The Labute approximate surface area is 192 Å². The molecule has 0 unspecified atom stereocenters. The molecule has 30 heavy (non-hydrogen) atoms. The van der Waals surface area contributed by atoms with Gasteiger partial charge in [0.2, 0.25) is 5.78 Å². The number of carbonyl (C=O) groups excluding carboxylic acids is 1. The molecule has 4 N–H and O–H groups in total. The summed E-state index contributed by atoms with van der Waals surface area (Å²) in [6.07, 6.45) is 0. The molecule has 1 aromatic heterocycles. The standard InChI is InChI=1S/C20H18Cl3N5OS/c21-11-9-14(22)16(15(23)10-11)17(29)18-19(24)27-20(30-18)26-12-1-3-13(4-2-12)28-7-5-25-6-8-28/h1-4,9-10,25H,5-8,24H2,(H,26,27). The minimum absolute atomic E-state index is 0.118. The molecule has 10 heteroatoms. The Balaban J connectivity index is 1.52. The third-order valence-electron chi connectivity index (χ3n) is 4.69. The minimum Gasteiger partial charge on any atom is -0.382 e. The number of benzene rings is 2. The van der Waals surface area contributed by atoms with Crippen molar-refractivity contribution in [2.24, 2.45) is 0 Å². The zero-order chi connectivity index (χ0) is 21.3. The van der Waals surface area contributed by atoms with Crippen molar-refractivity contribution in [2.45, 2.75) is 0 Å². The van der Waals surface area contributed by atoms with Gasteiger partial charge in [-0.1, -0.05) is 46.1 Å². The van der Waals surface area contributed by atoms with Crippen molar-refractivity contribution in [1.29, 1.82) is 0 Å². The average Bonchev–Trinajstić information content (AvgIpc) is 3.08. The number of thiazole rings is 1. The Morgan fingerprint density at radius 3 is 2.37 bits per heavy atom. The molecule has 0 radical (unpaired) electrons. The fourth-order valence-electron chi connectivity index (χ4n) is 3.22. The molecular weight excluding hydrogens is 465 g/mol. The van der Waals surface area contributed by atoms with Crippen LogP contribution < -0.4 is 21.3 Å². The van der Waals surface area contributed by atoms with Gasteiger partial charge in [-0.2, -0.15) is 0 Å². The Hall–Kier alpha value is -2.03. The maximum atomic E-state index is 12.9. The Bertz CT molecular complexity index is 1060. The number of carbonyl (C=O) groups is 1. The molecule has 2 aromatic carbocycles. The van der Waals surface area contributed by atoms with Crippen molar-refractivity contribution in [1.82, 2.24) is 10.3 Å². The van der Waals surface area contributed by atoms with Gasteiger partial charge in [0.25, 0.3) is 0 Å². The van der Waals surface area contributed by atoms with E-state index in [-0.39, 0.29) is 26.3 Å². The van der Waals surface area contributed by atoms with E-state index in [9.17, 15) is 4.79 Å². The maximum Gasteiger partial charge on any atom is 0.209 e. The third-order valence-corrected chi connectivity index (χ3v) is 6.49. The van der Waals surface area contributed by atoms with E-state index >= 15 is 0 Å². The van der Waals surface area contributed by atoms with E-state index in [0.29, 0.717) is 10.2 Å². The van der Waals surface area contributed by atoms with Crippen LogP contribution in [0.25, 0.3) is 0 Å². The van der Waals surface area contributed by atoms with Crippen LogP contribution in [0.4, 0.5) is 22.3 Å². The first-order valence-electron chi connectivity index (χ1n) is 9.20. The van der Waals surface area contributed by atoms with Gasteiger partial charge in [-0.15, -0.1) is 0 Å². The van der Waals surface area contributed by atoms with Gasteiger partial charge >= 0.3 is 0 Å². The molecule has 6 nitrogen and oxygen atoms in total. The average molecular weight is 483 g/mol. The molecule has 0 aliphatic carbocycles. The summed E-state index contributed by atoms with van der Waals surface area (Å²) in [6.45, 7) is 3.93. The van der Waals surface area contributed by atoms with Gasteiger partial charge in [0.05, 0.1) is 15.6 Å². The molecule has 0 amide bonds. The molecule has 1 fully saturated rings. The Morgan fingerprint density at radius 2 is 1.73 bits per heavy atom. The van der Waals surface area contributed by atoms with E-state index in [1.807, 2.05) is 12.1 Å². The van der Waals surface area contributed by atoms with Gasteiger partial charge < -0.3 is 21.3 Å². The summed E-state index contributed by atoms with van der Waals surface area (Å²) in [5.74, 6) is -0.272. The zero-order valence-corrected chi connectivity index (χ0v) is 18.8. The number of nitrogens with two attached hydrogens (primary N) is 1. The number of hydrogen-bond acceptors (Lipinski definition) is 7. The molecule has 0 spiro atoms. The first kappa shape index (κ1) is 21.2. The van der Waals surface area contributed by atoms with Gasteiger partial charge in [-0.3, -0.25) is 4.79 Å². The first-order valence-corrected chi connectivity index (χ1v) is 11.2. The summed E-state index contributed by atoms with van der Waals surface area (Å²) in [6, 6.07) is 11.0. The second-order valence-corrected chi connectivity index (χ2v) is 8.97. The summed E-state index contributed by atoms with van der Waals surface area (Å²) in [5.41, 5.74) is 8.18. The van der Waals surface area contributed by atoms with E-state index in [1.54, 1.807) is 0 Å². The van der Waals surface area contributed by atoms with Gasteiger partial charge in [0, 0.05) is 42.6 Å². The van der Waals surface area contributed by atoms with Crippen LogP contribution in [0.3, 0.4) is 0 Å². The van der Waals surface area contributed by atoms with Crippen molar-refractivity contribution in [3.05, 3.63) is 61.9 Å². The quantitative estimate of drug-likeness (QED) is 0.440. The van der Waals surface area contributed by atoms with Crippen LogP contribution in [0.2, 0.25) is 15.1 Å². The first-order chi connectivity index (χ1) is 14.4. The summed E-state index contributed by atoms with van der Waals surface area (Å²) in [5, 5.41) is 7.74. The van der Waals surface area contributed by atoms with Gasteiger partial charge in [0.1, 0.15) is 10.7 Å². The number of hydrogen-bond donors (Lipinski definition) is 3. The molecule has 3 aromatic rings. The smallest absolute Gasteiger partial charge is 0.209 e. The zero-order valence-electron chi connectivity index (χ0n) is 15.7. The Kier molecular flexibility index (Phi) is 6.36. The molecule has 0 bridgehead atoms. The maximum absolute atomic E-state index is 12.9. The van der Waals surface area contributed by atoms with Crippen LogP contribution in [-0.2, 0) is 0 Å². The SMILES string of the molecule is Nc1nc(Nc2ccc(N3CCNCC3)cc2)sc1C(=O)c1c(Cl)cc(Cl)cc1Cl. The molecule has 1 aliphatic rings. The molecule has 156 valence electrons. The highest BCUT2D eigenvalue weighted by Gasteiger charge is 2.23. The van der Waals surface area contributed by atoms with Crippen LogP contribution in [0.1, 0.15) is 15.2 Å². The van der Waals surface area contributed by atoms with Crippen LogP contribution >= 0.6 is 46.1 Å². The van der Waals surface area contributed by atoms with Crippen molar-refractivity contribution in [3.63, 3.8) is 0 Å². The minimum atomic E-state index is -0.390.